The fourth-order valence-electron chi connectivity index (χ4n) is 2.03. The molecule has 4 heteroatoms. The van der Waals surface area contributed by atoms with Crippen molar-refractivity contribution in [2.45, 2.75) is 39.5 Å². The SMILES string of the molecule is CCN(CCCCO)CCN(CC)CCCCO. The molecule has 0 aromatic heterocycles. The van der Waals surface area contributed by atoms with Gasteiger partial charge in [0.25, 0.3) is 0 Å². The van der Waals surface area contributed by atoms with Gasteiger partial charge >= 0.3 is 0 Å². The maximum atomic E-state index is 8.78. The molecule has 0 unspecified atom stereocenters. The summed E-state index contributed by atoms with van der Waals surface area (Å²) in [6.45, 7) is 11.6. The Balaban J connectivity index is 3.70. The monoisotopic (exact) mass is 260 g/mol. The summed E-state index contributed by atoms with van der Waals surface area (Å²) >= 11 is 0. The van der Waals surface area contributed by atoms with E-state index in [0.717, 1.165) is 65.0 Å². The van der Waals surface area contributed by atoms with E-state index in [1.165, 1.54) is 0 Å². The highest BCUT2D eigenvalue weighted by Gasteiger charge is 2.06. The predicted molar refractivity (Wildman–Crippen MR) is 76.9 cm³/mol. The highest BCUT2D eigenvalue weighted by atomic mass is 16.3. The Kier molecular flexibility index (Phi) is 13.2. The quantitative estimate of drug-likeness (QED) is 0.488. The molecule has 110 valence electrons. The molecule has 2 N–H and O–H groups in total. The number of hydrogen-bond acceptors (Lipinski definition) is 4. The predicted octanol–water partition coefficient (Wildman–Crippen LogP) is 1.18. The third-order valence-corrected chi connectivity index (χ3v) is 3.39. The number of likely N-dealkylation sites (N-methyl/N-ethyl adjacent to an activating group) is 2. The minimum Gasteiger partial charge on any atom is -0.396 e. The second-order valence-electron chi connectivity index (χ2n) is 4.73. The molecule has 0 heterocycles. The molecule has 0 saturated heterocycles. The lowest BCUT2D eigenvalue weighted by atomic mass is 10.3. The van der Waals surface area contributed by atoms with Crippen molar-refractivity contribution < 1.29 is 10.2 Å². The van der Waals surface area contributed by atoms with Gasteiger partial charge < -0.3 is 20.0 Å². The minimum absolute atomic E-state index is 0.305. The Morgan fingerprint density at radius 3 is 1.28 bits per heavy atom. The van der Waals surface area contributed by atoms with Crippen molar-refractivity contribution in [1.82, 2.24) is 9.80 Å². The Hall–Kier alpha value is -0.160. The normalized spacial score (nSPS) is 11.7. The Morgan fingerprint density at radius 2 is 1.00 bits per heavy atom. The van der Waals surface area contributed by atoms with Gasteiger partial charge in [-0.2, -0.15) is 0 Å². The fourth-order valence-corrected chi connectivity index (χ4v) is 2.03. The average molecular weight is 260 g/mol. The number of unbranched alkanes of at least 4 members (excludes halogenated alkanes) is 2. The van der Waals surface area contributed by atoms with E-state index in [-0.39, 0.29) is 0 Å². The molecule has 0 aromatic carbocycles. The maximum absolute atomic E-state index is 8.78. The molecule has 0 radical (unpaired) electrons. The molecular weight excluding hydrogens is 228 g/mol. The highest BCUT2D eigenvalue weighted by molar-refractivity contribution is 4.62. The van der Waals surface area contributed by atoms with Crippen LogP contribution in [0.4, 0.5) is 0 Å². The van der Waals surface area contributed by atoms with Gasteiger partial charge in [0.05, 0.1) is 0 Å². The van der Waals surface area contributed by atoms with Gasteiger partial charge in [0.1, 0.15) is 0 Å². The minimum atomic E-state index is 0.305. The number of aliphatic hydroxyl groups excluding tert-OH is 2. The highest BCUT2D eigenvalue weighted by Crippen LogP contribution is 1.99. The smallest absolute Gasteiger partial charge is 0.0431 e. The largest absolute Gasteiger partial charge is 0.396 e. The molecule has 0 fully saturated rings. The zero-order valence-corrected chi connectivity index (χ0v) is 12.3. The van der Waals surface area contributed by atoms with Crippen LogP contribution in [0, 0.1) is 0 Å². The molecule has 0 aliphatic carbocycles. The van der Waals surface area contributed by atoms with Crippen LogP contribution in [0.1, 0.15) is 39.5 Å². The van der Waals surface area contributed by atoms with Crippen molar-refractivity contribution in [3.8, 4) is 0 Å². The van der Waals surface area contributed by atoms with E-state index in [1.807, 2.05) is 0 Å². The summed E-state index contributed by atoms with van der Waals surface area (Å²) in [6, 6.07) is 0. The van der Waals surface area contributed by atoms with Crippen LogP contribution in [0.5, 0.6) is 0 Å². The Bertz CT molecular complexity index is 150. The summed E-state index contributed by atoms with van der Waals surface area (Å²) in [5, 5.41) is 17.6. The molecule has 0 aliphatic heterocycles. The number of hydrogen-bond donors (Lipinski definition) is 2. The van der Waals surface area contributed by atoms with Gasteiger partial charge in [-0.25, -0.2) is 0 Å². The lowest BCUT2D eigenvalue weighted by molar-refractivity contribution is 0.198. The maximum Gasteiger partial charge on any atom is 0.0431 e. The standard InChI is InChI=1S/C14H32N2O2/c1-3-15(9-5-7-13-17)11-12-16(4-2)10-6-8-14-18/h17-18H,3-14H2,1-2H3. The lowest BCUT2D eigenvalue weighted by Crippen LogP contribution is -2.36. The first-order valence-corrected chi connectivity index (χ1v) is 7.44. The van der Waals surface area contributed by atoms with E-state index in [9.17, 15) is 0 Å². The van der Waals surface area contributed by atoms with Crippen molar-refractivity contribution in [2.24, 2.45) is 0 Å². The van der Waals surface area contributed by atoms with E-state index < -0.39 is 0 Å². The van der Waals surface area contributed by atoms with Crippen LogP contribution in [0.25, 0.3) is 0 Å². The third-order valence-electron chi connectivity index (χ3n) is 3.39. The van der Waals surface area contributed by atoms with Crippen LogP contribution in [0.3, 0.4) is 0 Å². The fraction of sp³-hybridized carbons (Fsp3) is 1.00. The van der Waals surface area contributed by atoms with Gasteiger partial charge in [-0.15, -0.1) is 0 Å². The summed E-state index contributed by atoms with van der Waals surface area (Å²) in [4.78, 5) is 4.90. The van der Waals surface area contributed by atoms with E-state index in [0.29, 0.717) is 13.2 Å². The number of rotatable bonds is 13. The number of nitrogens with zero attached hydrogens (tertiary/aromatic N) is 2. The van der Waals surface area contributed by atoms with Gasteiger partial charge in [-0.3, -0.25) is 0 Å². The van der Waals surface area contributed by atoms with Gasteiger partial charge in [-0.1, -0.05) is 13.8 Å². The van der Waals surface area contributed by atoms with Gasteiger partial charge in [0.2, 0.25) is 0 Å². The van der Waals surface area contributed by atoms with Crippen molar-refractivity contribution in [3.05, 3.63) is 0 Å². The van der Waals surface area contributed by atoms with Gasteiger partial charge in [-0.05, 0) is 51.9 Å². The molecule has 0 saturated carbocycles. The first kappa shape index (κ1) is 17.8. The summed E-state index contributed by atoms with van der Waals surface area (Å²) in [5.74, 6) is 0. The third kappa shape index (κ3) is 9.83. The van der Waals surface area contributed by atoms with E-state index in [1.54, 1.807) is 0 Å². The Morgan fingerprint density at radius 1 is 0.611 bits per heavy atom. The summed E-state index contributed by atoms with van der Waals surface area (Å²) in [7, 11) is 0. The van der Waals surface area contributed by atoms with Crippen molar-refractivity contribution in [2.75, 3.05) is 52.5 Å². The van der Waals surface area contributed by atoms with Crippen LogP contribution in [-0.4, -0.2) is 72.5 Å². The summed E-state index contributed by atoms with van der Waals surface area (Å²) < 4.78 is 0. The van der Waals surface area contributed by atoms with E-state index >= 15 is 0 Å². The second-order valence-corrected chi connectivity index (χ2v) is 4.73. The second kappa shape index (κ2) is 13.3. The average Bonchev–Trinajstić information content (AvgIpc) is 2.40. The molecule has 0 rings (SSSR count). The summed E-state index contributed by atoms with van der Waals surface area (Å²) in [5.41, 5.74) is 0. The van der Waals surface area contributed by atoms with Gasteiger partial charge in [0.15, 0.2) is 0 Å². The molecule has 18 heavy (non-hydrogen) atoms. The molecule has 0 atom stereocenters. The van der Waals surface area contributed by atoms with Crippen LogP contribution < -0.4 is 0 Å². The summed E-state index contributed by atoms with van der Waals surface area (Å²) in [6.07, 6.45) is 3.98. The van der Waals surface area contributed by atoms with Crippen molar-refractivity contribution >= 4 is 0 Å². The van der Waals surface area contributed by atoms with Crippen molar-refractivity contribution in [1.29, 1.82) is 0 Å². The molecule has 0 bridgehead atoms. The van der Waals surface area contributed by atoms with Crippen LogP contribution in [0.2, 0.25) is 0 Å². The van der Waals surface area contributed by atoms with Crippen molar-refractivity contribution in [3.63, 3.8) is 0 Å². The van der Waals surface area contributed by atoms with Crippen LogP contribution >= 0.6 is 0 Å². The first-order valence-electron chi connectivity index (χ1n) is 7.44. The Labute approximate surface area is 113 Å². The molecule has 0 aliphatic rings. The zero-order valence-electron chi connectivity index (χ0n) is 12.3. The molecule has 0 aromatic rings. The molecular formula is C14H32N2O2. The number of aliphatic hydroxyl groups is 2. The molecule has 0 amide bonds. The first-order chi connectivity index (χ1) is 8.78. The van der Waals surface area contributed by atoms with E-state index in [4.69, 9.17) is 10.2 Å². The molecule has 0 spiro atoms. The molecule has 4 nitrogen and oxygen atoms in total. The lowest BCUT2D eigenvalue weighted by Gasteiger charge is -2.26. The topological polar surface area (TPSA) is 46.9 Å². The van der Waals surface area contributed by atoms with Crippen LogP contribution in [0.15, 0.2) is 0 Å². The van der Waals surface area contributed by atoms with Gasteiger partial charge in [0, 0.05) is 26.3 Å². The zero-order chi connectivity index (χ0) is 13.6. The van der Waals surface area contributed by atoms with Crippen LogP contribution in [-0.2, 0) is 0 Å². The van der Waals surface area contributed by atoms with E-state index in [2.05, 4.69) is 23.6 Å².